The van der Waals surface area contributed by atoms with Gasteiger partial charge in [-0.3, -0.25) is 4.98 Å². The third-order valence-electron chi connectivity index (χ3n) is 5.61. The first-order valence-corrected chi connectivity index (χ1v) is 12.7. The highest BCUT2D eigenvalue weighted by atomic mass is 32.2. The van der Waals surface area contributed by atoms with E-state index in [9.17, 15) is 8.42 Å². The summed E-state index contributed by atoms with van der Waals surface area (Å²) >= 11 is 1.25. The lowest BCUT2D eigenvalue weighted by Crippen LogP contribution is -2.28. The van der Waals surface area contributed by atoms with Crippen LogP contribution in [0, 0.1) is 12.8 Å². The van der Waals surface area contributed by atoms with E-state index in [-0.39, 0.29) is 4.90 Å². The van der Waals surface area contributed by atoms with Crippen molar-refractivity contribution in [3.8, 4) is 5.88 Å². The number of pyridine rings is 2. The zero-order chi connectivity index (χ0) is 22.1. The quantitative estimate of drug-likeness (QED) is 0.377. The number of anilines is 2. The van der Waals surface area contributed by atoms with Gasteiger partial charge in [-0.1, -0.05) is 12.5 Å². The van der Waals surface area contributed by atoms with Crippen LogP contribution >= 0.6 is 11.3 Å². The monoisotopic (exact) mass is 466 g/mol. The molecule has 1 fully saturated rings. The maximum absolute atomic E-state index is 13.9. The molecule has 0 radical (unpaired) electrons. The van der Waals surface area contributed by atoms with Crippen molar-refractivity contribution in [3.05, 3.63) is 66.1 Å². The van der Waals surface area contributed by atoms with Crippen molar-refractivity contribution in [1.29, 1.82) is 0 Å². The topological polar surface area (TPSA) is 85.3 Å². The number of benzene rings is 1. The van der Waals surface area contributed by atoms with E-state index in [0.717, 1.165) is 29.2 Å². The molecule has 0 bridgehead atoms. The predicted molar refractivity (Wildman–Crippen MR) is 125 cm³/mol. The average Bonchev–Trinajstić information content (AvgIpc) is 3.28. The summed E-state index contributed by atoms with van der Waals surface area (Å²) in [5, 5.41) is 3.75. The normalized spacial score (nSPS) is 14.3. The number of rotatable bonds is 7. The Morgan fingerprint density at radius 1 is 1.09 bits per heavy atom. The largest absolute Gasteiger partial charge is 0.476 e. The lowest BCUT2D eigenvalue weighted by atomic mass is 9.86. The Kier molecular flexibility index (Phi) is 5.52. The number of sulfonamides is 1. The first-order chi connectivity index (χ1) is 15.5. The zero-order valence-electron chi connectivity index (χ0n) is 17.5. The molecular formula is C23H22N4O3S2. The fourth-order valence-corrected chi connectivity index (χ4v) is 5.98. The second-order valence-corrected chi connectivity index (χ2v) is 10.6. The van der Waals surface area contributed by atoms with Crippen LogP contribution in [-0.4, -0.2) is 30.0 Å². The highest BCUT2D eigenvalue weighted by Crippen LogP contribution is 2.40. The fourth-order valence-electron chi connectivity index (χ4n) is 3.63. The maximum atomic E-state index is 13.9. The SMILES string of the molecule is Cc1cnc(OCC2CCC2)c(N(c2nccs2)S(=O)(=O)c2ccc3cnccc3c2)c1. The minimum atomic E-state index is -4.00. The van der Waals surface area contributed by atoms with Gasteiger partial charge in [0, 0.05) is 35.6 Å². The van der Waals surface area contributed by atoms with Crippen LogP contribution in [0.25, 0.3) is 10.8 Å². The molecule has 1 aromatic carbocycles. The molecule has 0 atom stereocenters. The van der Waals surface area contributed by atoms with E-state index >= 15 is 0 Å². The van der Waals surface area contributed by atoms with Crippen molar-refractivity contribution in [1.82, 2.24) is 15.0 Å². The van der Waals surface area contributed by atoms with Crippen LogP contribution in [0.15, 0.2) is 65.4 Å². The minimum Gasteiger partial charge on any atom is -0.476 e. The van der Waals surface area contributed by atoms with E-state index in [1.807, 2.05) is 6.92 Å². The Morgan fingerprint density at radius 3 is 2.72 bits per heavy atom. The van der Waals surface area contributed by atoms with E-state index in [2.05, 4.69) is 15.0 Å². The van der Waals surface area contributed by atoms with Gasteiger partial charge < -0.3 is 4.74 Å². The Bertz CT molecular complexity index is 1350. The van der Waals surface area contributed by atoms with Crippen LogP contribution in [0.2, 0.25) is 0 Å². The number of fused-ring (bicyclic) bond motifs is 1. The molecule has 0 amide bonds. The van der Waals surface area contributed by atoms with Gasteiger partial charge >= 0.3 is 0 Å². The summed E-state index contributed by atoms with van der Waals surface area (Å²) in [7, 11) is -4.00. The summed E-state index contributed by atoms with van der Waals surface area (Å²) in [4.78, 5) is 13.0. The summed E-state index contributed by atoms with van der Waals surface area (Å²) < 4.78 is 35.1. The van der Waals surface area contributed by atoms with Crippen molar-refractivity contribution in [3.63, 3.8) is 0 Å². The molecule has 3 aromatic heterocycles. The maximum Gasteiger partial charge on any atom is 0.270 e. The van der Waals surface area contributed by atoms with Gasteiger partial charge in [-0.15, -0.1) is 11.3 Å². The summed E-state index contributed by atoms with van der Waals surface area (Å²) in [6.07, 6.45) is 10.1. The third-order valence-corrected chi connectivity index (χ3v) is 8.18. The van der Waals surface area contributed by atoms with Crippen molar-refractivity contribution >= 4 is 43.0 Å². The van der Waals surface area contributed by atoms with Gasteiger partial charge in [-0.05, 0) is 60.9 Å². The fraction of sp³-hybridized carbons (Fsp3) is 0.261. The van der Waals surface area contributed by atoms with Crippen molar-refractivity contribution in [2.45, 2.75) is 31.1 Å². The van der Waals surface area contributed by atoms with Crippen LogP contribution in [0.5, 0.6) is 5.88 Å². The molecule has 9 heteroatoms. The number of hydrogen-bond donors (Lipinski definition) is 0. The van der Waals surface area contributed by atoms with Crippen LogP contribution in [0.1, 0.15) is 24.8 Å². The van der Waals surface area contributed by atoms with Crippen LogP contribution in [-0.2, 0) is 10.0 Å². The van der Waals surface area contributed by atoms with Crippen molar-refractivity contribution in [2.24, 2.45) is 5.92 Å². The zero-order valence-corrected chi connectivity index (χ0v) is 19.1. The van der Waals surface area contributed by atoms with E-state index in [1.54, 1.807) is 60.5 Å². The molecule has 164 valence electrons. The number of ether oxygens (including phenoxy) is 1. The van der Waals surface area contributed by atoms with Gasteiger partial charge in [0.2, 0.25) is 11.0 Å². The van der Waals surface area contributed by atoms with Gasteiger partial charge in [0.25, 0.3) is 10.0 Å². The molecule has 0 saturated heterocycles. The standard InChI is InChI=1S/C23H22N4O3S2/c1-16-11-21(22(26-13-16)30-15-17-3-2-4-17)27(23-25-9-10-31-23)32(28,29)20-6-5-19-14-24-8-7-18(19)12-20/h5-14,17H,2-4,15H2,1H3. The number of thiazole rings is 1. The summed E-state index contributed by atoms with van der Waals surface area (Å²) in [6.45, 7) is 2.40. The summed E-state index contributed by atoms with van der Waals surface area (Å²) in [5.74, 6) is 0.788. The Morgan fingerprint density at radius 2 is 1.97 bits per heavy atom. The highest BCUT2D eigenvalue weighted by molar-refractivity contribution is 7.93. The second-order valence-electron chi connectivity index (χ2n) is 7.91. The molecule has 3 heterocycles. The average molecular weight is 467 g/mol. The van der Waals surface area contributed by atoms with E-state index in [0.29, 0.717) is 29.2 Å². The summed E-state index contributed by atoms with van der Waals surface area (Å²) in [6, 6.07) is 8.59. The molecule has 1 aliphatic carbocycles. The summed E-state index contributed by atoms with van der Waals surface area (Å²) in [5.41, 5.74) is 1.20. The van der Waals surface area contributed by atoms with Crippen LogP contribution in [0.4, 0.5) is 10.8 Å². The molecule has 0 N–H and O–H groups in total. The van der Waals surface area contributed by atoms with E-state index < -0.39 is 10.0 Å². The molecule has 5 rings (SSSR count). The van der Waals surface area contributed by atoms with E-state index in [1.165, 1.54) is 22.1 Å². The molecule has 0 aliphatic heterocycles. The number of aryl methyl sites for hydroxylation is 1. The molecule has 4 aromatic rings. The Balaban J connectivity index is 1.62. The van der Waals surface area contributed by atoms with Crippen LogP contribution in [0.3, 0.4) is 0 Å². The molecular weight excluding hydrogens is 444 g/mol. The lowest BCUT2D eigenvalue weighted by Gasteiger charge is -2.27. The number of hydrogen-bond acceptors (Lipinski definition) is 7. The molecule has 0 spiro atoms. The number of aromatic nitrogens is 3. The van der Waals surface area contributed by atoms with Gasteiger partial charge in [0.05, 0.1) is 11.5 Å². The van der Waals surface area contributed by atoms with Crippen molar-refractivity contribution in [2.75, 3.05) is 10.9 Å². The number of nitrogens with zero attached hydrogens (tertiary/aromatic N) is 4. The highest BCUT2D eigenvalue weighted by Gasteiger charge is 2.32. The van der Waals surface area contributed by atoms with Gasteiger partial charge in [0.1, 0.15) is 5.69 Å². The smallest absolute Gasteiger partial charge is 0.270 e. The van der Waals surface area contributed by atoms with Gasteiger partial charge in [0.15, 0.2) is 0 Å². The molecule has 1 aliphatic rings. The van der Waals surface area contributed by atoms with Gasteiger partial charge in [-0.25, -0.2) is 22.7 Å². The molecule has 1 saturated carbocycles. The molecule has 7 nitrogen and oxygen atoms in total. The first kappa shape index (κ1) is 20.8. The first-order valence-electron chi connectivity index (χ1n) is 10.4. The predicted octanol–water partition coefficient (Wildman–Crippen LogP) is 5.10. The Labute approximate surface area is 190 Å². The van der Waals surface area contributed by atoms with Gasteiger partial charge in [-0.2, -0.15) is 0 Å². The lowest BCUT2D eigenvalue weighted by molar-refractivity contribution is 0.176. The Hall–Kier alpha value is -3.04. The third kappa shape index (κ3) is 3.93. The van der Waals surface area contributed by atoms with Crippen molar-refractivity contribution < 1.29 is 13.2 Å². The molecule has 0 unspecified atom stereocenters. The van der Waals surface area contributed by atoms with Crippen LogP contribution < -0.4 is 9.04 Å². The second kappa shape index (κ2) is 8.48. The minimum absolute atomic E-state index is 0.165. The molecule has 32 heavy (non-hydrogen) atoms. The van der Waals surface area contributed by atoms with E-state index in [4.69, 9.17) is 4.74 Å².